The molecule has 0 amide bonds. The summed E-state index contributed by atoms with van der Waals surface area (Å²) in [5.41, 5.74) is 0.196. The van der Waals surface area contributed by atoms with Crippen LogP contribution in [0.25, 0.3) is 0 Å². The lowest BCUT2D eigenvalue weighted by molar-refractivity contribution is 0.288. The van der Waals surface area contributed by atoms with Gasteiger partial charge in [-0.3, -0.25) is 10.6 Å². The van der Waals surface area contributed by atoms with Crippen molar-refractivity contribution in [1.29, 1.82) is 0 Å². The summed E-state index contributed by atoms with van der Waals surface area (Å²) in [5.74, 6) is 0. The summed E-state index contributed by atoms with van der Waals surface area (Å²) in [6.07, 6.45) is 2.85. The Labute approximate surface area is 83.5 Å². The van der Waals surface area contributed by atoms with E-state index in [2.05, 4.69) is 52.2 Å². The number of hydrogen-bond acceptors (Lipinski definition) is 2. The van der Waals surface area contributed by atoms with E-state index < -0.39 is 0 Å². The Bertz CT molecular complexity index is 125. The molecule has 2 nitrogen and oxygen atoms in total. The molecule has 1 atom stereocenters. The monoisotopic (exact) mass is 186 g/mol. The molecule has 0 aliphatic carbocycles. The summed E-state index contributed by atoms with van der Waals surface area (Å²) in [7, 11) is 0. The van der Waals surface area contributed by atoms with Gasteiger partial charge in [-0.25, -0.2) is 0 Å². The lowest BCUT2D eigenvalue weighted by Crippen LogP contribution is -2.52. The zero-order valence-corrected chi connectivity index (χ0v) is 10.1. The minimum absolute atomic E-state index is 0.196. The maximum atomic E-state index is 3.58. The van der Waals surface area contributed by atoms with Crippen molar-refractivity contribution in [3.8, 4) is 0 Å². The molecule has 0 fully saturated rings. The maximum Gasteiger partial charge on any atom is 0.0577 e. The van der Waals surface area contributed by atoms with E-state index in [0.717, 1.165) is 0 Å². The first-order valence-electron chi connectivity index (χ1n) is 5.39. The molecule has 2 N–H and O–H groups in total. The van der Waals surface area contributed by atoms with E-state index in [-0.39, 0.29) is 5.54 Å². The minimum Gasteiger partial charge on any atom is -0.300 e. The Morgan fingerprint density at radius 1 is 1.15 bits per heavy atom. The number of hydrogen-bond donors (Lipinski definition) is 2. The van der Waals surface area contributed by atoms with Gasteiger partial charge in [0.15, 0.2) is 0 Å². The third-order valence-corrected chi connectivity index (χ3v) is 1.72. The highest BCUT2D eigenvalue weighted by atomic mass is 15.2. The van der Waals surface area contributed by atoms with E-state index in [0.29, 0.717) is 12.2 Å². The third-order valence-electron chi connectivity index (χ3n) is 1.72. The second-order valence-corrected chi connectivity index (χ2v) is 5.06. The standard InChI is InChI=1S/C11H26N2/c1-7-8-10(12-9(2)3)13-11(4,5)6/h9-10,12-13H,7-8H2,1-6H3. The van der Waals surface area contributed by atoms with Crippen molar-refractivity contribution in [1.82, 2.24) is 10.6 Å². The number of rotatable bonds is 5. The van der Waals surface area contributed by atoms with Gasteiger partial charge >= 0.3 is 0 Å². The van der Waals surface area contributed by atoms with Gasteiger partial charge in [-0.15, -0.1) is 0 Å². The molecule has 0 rings (SSSR count). The molecular weight excluding hydrogens is 160 g/mol. The van der Waals surface area contributed by atoms with Gasteiger partial charge < -0.3 is 0 Å². The van der Waals surface area contributed by atoms with Gasteiger partial charge in [0, 0.05) is 11.6 Å². The molecule has 0 saturated carbocycles. The summed E-state index contributed by atoms with van der Waals surface area (Å²) < 4.78 is 0. The first-order valence-corrected chi connectivity index (χ1v) is 5.39. The Morgan fingerprint density at radius 2 is 1.69 bits per heavy atom. The van der Waals surface area contributed by atoms with Crippen LogP contribution in [0.4, 0.5) is 0 Å². The molecular formula is C11H26N2. The van der Waals surface area contributed by atoms with E-state index in [4.69, 9.17) is 0 Å². The predicted molar refractivity (Wildman–Crippen MR) is 59.9 cm³/mol. The van der Waals surface area contributed by atoms with Crippen LogP contribution in [0.3, 0.4) is 0 Å². The fourth-order valence-corrected chi connectivity index (χ4v) is 1.41. The highest BCUT2D eigenvalue weighted by Gasteiger charge is 2.16. The van der Waals surface area contributed by atoms with Crippen molar-refractivity contribution in [2.45, 2.75) is 72.1 Å². The van der Waals surface area contributed by atoms with E-state index in [1.54, 1.807) is 0 Å². The molecule has 0 heterocycles. The molecule has 0 aromatic heterocycles. The lowest BCUT2D eigenvalue weighted by Gasteiger charge is -2.30. The van der Waals surface area contributed by atoms with E-state index in [1.165, 1.54) is 12.8 Å². The van der Waals surface area contributed by atoms with E-state index in [1.807, 2.05) is 0 Å². The van der Waals surface area contributed by atoms with Crippen molar-refractivity contribution in [2.24, 2.45) is 0 Å². The maximum absolute atomic E-state index is 3.58. The number of nitrogens with one attached hydrogen (secondary N) is 2. The average Bonchev–Trinajstić information content (AvgIpc) is 1.81. The van der Waals surface area contributed by atoms with Gasteiger partial charge in [0.1, 0.15) is 0 Å². The molecule has 0 aromatic rings. The molecule has 0 aliphatic rings. The van der Waals surface area contributed by atoms with Gasteiger partial charge in [0.05, 0.1) is 6.17 Å². The minimum atomic E-state index is 0.196. The fourth-order valence-electron chi connectivity index (χ4n) is 1.41. The third kappa shape index (κ3) is 8.26. The second kappa shape index (κ2) is 5.61. The first kappa shape index (κ1) is 12.9. The van der Waals surface area contributed by atoms with Crippen molar-refractivity contribution in [3.63, 3.8) is 0 Å². The van der Waals surface area contributed by atoms with Gasteiger partial charge in [-0.2, -0.15) is 0 Å². The molecule has 0 saturated heterocycles. The topological polar surface area (TPSA) is 24.1 Å². The van der Waals surface area contributed by atoms with E-state index >= 15 is 0 Å². The molecule has 0 radical (unpaired) electrons. The van der Waals surface area contributed by atoms with Crippen molar-refractivity contribution in [2.75, 3.05) is 0 Å². The SMILES string of the molecule is CCCC(NC(C)C)NC(C)(C)C. The van der Waals surface area contributed by atoms with E-state index in [9.17, 15) is 0 Å². The normalized spacial score (nSPS) is 15.0. The highest BCUT2D eigenvalue weighted by molar-refractivity contribution is 4.77. The molecule has 0 bridgehead atoms. The largest absolute Gasteiger partial charge is 0.300 e. The molecule has 0 aliphatic heterocycles. The van der Waals surface area contributed by atoms with Gasteiger partial charge in [0.25, 0.3) is 0 Å². The molecule has 13 heavy (non-hydrogen) atoms. The predicted octanol–water partition coefficient (Wildman–Crippen LogP) is 2.50. The summed E-state index contributed by atoms with van der Waals surface area (Å²) in [5, 5.41) is 7.10. The Kier molecular flexibility index (Phi) is 5.57. The summed E-state index contributed by atoms with van der Waals surface area (Å²) in [6, 6.07) is 0.548. The van der Waals surface area contributed by atoms with Crippen LogP contribution in [-0.4, -0.2) is 17.7 Å². The molecule has 2 heteroatoms. The van der Waals surface area contributed by atoms with Crippen molar-refractivity contribution >= 4 is 0 Å². The quantitative estimate of drug-likeness (QED) is 0.645. The smallest absolute Gasteiger partial charge is 0.0577 e. The van der Waals surface area contributed by atoms with Crippen LogP contribution in [0.1, 0.15) is 54.4 Å². The Hall–Kier alpha value is -0.0800. The zero-order valence-electron chi connectivity index (χ0n) is 10.1. The summed E-state index contributed by atoms with van der Waals surface area (Å²) in [4.78, 5) is 0. The van der Waals surface area contributed by atoms with Crippen LogP contribution in [-0.2, 0) is 0 Å². The lowest BCUT2D eigenvalue weighted by atomic mass is 10.1. The molecule has 0 spiro atoms. The highest BCUT2D eigenvalue weighted by Crippen LogP contribution is 2.04. The Morgan fingerprint density at radius 3 is 2.00 bits per heavy atom. The first-order chi connectivity index (χ1) is 5.85. The van der Waals surface area contributed by atoms with Crippen LogP contribution in [0.2, 0.25) is 0 Å². The van der Waals surface area contributed by atoms with Crippen LogP contribution >= 0.6 is 0 Å². The van der Waals surface area contributed by atoms with Gasteiger partial charge in [-0.05, 0) is 41.0 Å². The molecule has 0 aromatic carbocycles. The van der Waals surface area contributed by atoms with Crippen molar-refractivity contribution in [3.05, 3.63) is 0 Å². The van der Waals surface area contributed by atoms with Crippen LogP contribution in [0, 0.1) is 0 Å². The van der Waals surface area contributed by atoms with Crippen molar-refractivity contribution < 1.29 is 0 Å². The second-order valence-electron chi connectivity index (χ2n) is 5.06. The zero-order chi connectivity index (χ0) is 10.5. The summed E-state index contributed by atoms with van der Waals surface area (Å²) >= 11 is 0. The Balaban J connectivity index is 3.94. The molecule has 1 unspecified atom stereocenters. The fraction of sp³-hybridized carbons (Fsp3) is 1.00. The van der Waals surface area contributed by atoms with Crippen LogP contribution < -0.4 is 10.6 Å². The van der Waals surface area contributed by atoms with Crippen LogP contribution in [0.5, 0.6) is 0 Å². The van der Waals surface area contributed by atoms with Crippen LogP contribution in [0.15, 0.2) is 0 Å². The molecule has 80 valence electrons. The van der Waals surface area contributed by atoms with Gasteiger partial charge in [-0.1, -0.05) is 13.3 Å². The average molecular weight is 186 g/mol. The summed E-state index contributed by atoms with van der Waals surface area (Å²) in [6.45, 7) is 13.2. The van der Waals surface area contributed by atoms with Gasteiger partial charge in [0.2, 0.25) is 0 Å².